The van der Waals surface area contributed by atoms with E-state index >= 15 is 0 Å². The molecule has 0 spiro atoms. The third-order valence-corrected chi connectivity index (χ3v) is 3.48. The lowest BCUT2D eigenvalue weighted by Crippen LogP contribution is -2.28. The molecule has 1 aromatic carbocycles. The van der Waals surface area contributed by atoms with Crippen molar-refractivity contribution < 1.29 is 22.4 Å². The number of allylic oxidation sites excluding steroid dienone is 1. The van der Waals surface area contributed by atoms with Crippen LogP contribution in [0.15, 0.2) is 48.7 Å². The summed E-state index contributed by atoms with van der Waals surface area (Å²) in [5, 5.41) is 5.12. The normalized spacial score (nSPS) is 12.0. The van der Waals surface area contributed by atoms with Crippen LogP contribution in [0.25, 0.3) is 5.57 Å². The Hall–Kier alpha value is -2.90. The number of hydrogen-bond acceptors (Lipinski definition) is 3. The van der Waals surface area contributed by atoms with Crippen LogP contribution < -0.4 is 10.6 Å². The monoisotopic (exact) mass is 367 g/mol. The lowest BCUT2D eigenvalue weighted by Gasteiger charge is -2.13. The van der Waals surface area contributed by atoms with Crippen molar-refractivity contribution in [1.82, 2.24) is 10.3 Å². The minimum Gasteiger partial charge on any atom is -0.368 e. The SMILES string of the molecule is C/C(=C/C(=O)NCCNc1ncccc1C(F)(F)F)c1ccc(F)cc1. The minimum atomic E-state index is -4.51. The third kappa shape index (κ3) is 5.58. The van der Waals surface area contributed by atoms with Crippen molar-refractivity contribution in [2.75, 3.05) is 18.4 Å². The molecule has 0 aliphatic heterocycles. The van der Waals surface area contributed by atoms with Gasteiger partial charge in [0, 0.05) is 25.4 Å². The fraction of sp³-hybridized carbons (Fsp3) is 0.222. The van der Waals surface area contributed by atoms with E-state index in [-0.39, 0.29) is 24.7 Å². The molecule has 0 atom stereocenters. The highest BCUT2D eigenvalue weighted by Crippen LogP contribution is 2.33. The van der Waals surface area contributed by atoms with Crippen molar-refractivity contribution in [3.8, 4) is 0 Å². The van der Waals surface area contributed by atoms with Crippen molar-refractivity contribution in [1.29, 1.82) is 0 Å². The van der Waals surface area contributed by atoms with Gasteiger partial charge in [0.25, 0.3) is 0 Å². The summed E-state index contributed by atoms with van der Waals surface area (Å²) < 4.78 is 51.4. The predicted molar refractivity (Wildman–Crippen MR) is 90.8 cm³/mol. The number of carbonyl (C=O) groups is 1. The Balaban J connectivity index is 1.86. The first-order chi connectivity index (χ1) is 12.3. The molecule has 0 unspecified atom stereocenters. The first-order valence-corrected chi connectivity index (χ1v) is 7.75. The summed E-state index contributed by atoms with van der Waals surface area (Å²) in [6.07, 6.45) is -1.91. The van der Waals surface area contributed by atoms with Crippen LogP contribution in [0.4, 0.5) is 23.4 Å². The van der Waals surface area contributed by atoms with Crippen molar-refractivity contribution in [3.05, 3.63) is 65.6 Å². The number of halogens is 4. The van der Waals surface area contributed by atoms with Crippen molar-refractivity contribution in [3.63, 3.8) is 0 Å². The largest absolute Gasteiger partial charge is 0.419 e. The topological polar surface area (TPSA) is 54.0 Å². The fourth-order valence-corrected chi connectivity index (χ4v) is 2.19. The Bertz CT molecular complexity index is 786. The lowest BCUT2D eigenvalue weighted by molar-refractivity contribution is -0.137. The van der Waals surface area contributed by atoms with Crippen LogP contribution in [0.3, 0.4) is 0 Å². The summed E-state index contributed by atoms with van der Waals surface area (Å²) in [6.45, 7) is 1.89. The Morgan fingerprint density at radius 2 is 1.85 bits per heavy atom. The zero-order chi connectivity index (χ0) is 19.2. The lowest BCUT2D eigenvalue weighted by atomic mass is 10.1. The van der Waals surface area contributed by atoms with Gasteiger partial charge in [-0.15, -0.1) is 0 Å². The molecular weight excluding hydrogens is 350 g/mol. The Morgan fingerprint density at radius 1 is 1.15 bits per heavy atom. The summed E-state index contributed by atoms with van der Waals surface area (Å²) in [6, 6.07) is 7.83. The summed E-state index contributed by atoms with van der Waals surface area (Å²) in [5.74, 6) is -1.05. The molecule has 26 heavy (non-hydrogen) atoms. The second kappa shape index (κ2) is 8.46. The van der Waals surface area contributed by atoms with Gasteiger partial charge >= 0.3 is 6.18 Å². The summed E-state index contributed by atoms with van der Waals surface area (Å²) in [7, 11) is 0. The van der Waals surface area contributed by atoms with E-state index < -0.39 is 17.6 Å². The number of alkyl halides is 3. The first kappa shape index (κ1) is 19.4. The van der Waals surface area contributed by atoms with Gasteiger partial charge in [-0.05, 0) is 42.3 Å². The van der Waals surface area contributed by atoms with Gasteiger partial charge in [0.2, 0.25) is 5.91 Å². The van der Waals surface area contributed by atoms with Crippen LogP contribution >= 0.6 is 0 Å². The predicted octanol–water partition coefficient (Wildman–Crippen LogP) is 3.87. The van der Waals surface area contributed by atoms with Gasteiger partial charge in [-0.3, -0.25) is 4.79 Å². The highest BCUT2D eigenvalue weighted by Gasteiger charge is 2.33. The van der Waals surface area contributed by atoms with E-state index in [0.29, 0.717) is 11.1 Å². The molecule has 0 fully saturated rings. The number of hydrogen-bond donors (Lipinski definition) is 2. The van der Waals surface area contributed by atoms with Crippen LogP contribution in [-0.4, -0.2) is 24.0 Å². The molecule has 0 radical (unpaired) electrons. The molecular formula is C18H17F4N3O. The van der Waals surface area contributed by atoms with E-state index in [1.165, 1.54) is 30.5 Å². The zero-order valence-corrected chi connectivity index (χ0v) is 13.9. The van der Waals surface area contributed by atoms with E-state index in [0.717, 1.165) is 6.07 Å². The van der Waals surface area contributed by atoms with Crippen LogP contribution in [0, 0.1) is 5.82 Å². The van der Waals surface area contributed by atoms with Gasteiger partial charge in [-0.25, -0.2) is 9.37 Å². The van der Waals surface area contributed by atoms with Crippen molar-refractivity contribution in [2.45, 2.75) is 13.1 Å². The molecule has 1 amide bonds. The molecule has 2 rings (SSSR count). The van der Waals surface area contributed by atoms with Gasteiger partial charge in [-0.1, -0.05) is 12.1 Å². The van der Waals surface area contributed by atoms with E-state index in [2.05, 4.69) is 15.6 Å². The average Bonchev–Trinajstić information content (AvgIpc) is 2.58. The second-order valence-electron chi connectivity index (χ2n) is 5.45. The van der Waals surface area contributed by atoms with Crippen LogP contribution in [0.2, 0.25) is 0 Å². The number of benzene rings is 1. The maximum atomic E-state index is 12.9. The molecule has 0 aliphatic carbocycles. The van der Waals surface area contributed by atoms with E-state index in [1.54, 1.807) is 19.1 Å². The number of amides is 1. The van der Waals surface area contributed by atoms with Gasteiger partial charge in [-0.2, -0.15) is 13.2 Å². The molecule has 0 bridgehead atoms. The smallest absolute Gasteiger partial charge is 0.368 e. The molecule has 2 N–H and O–H groups in total. The van der Waals surface area contributed by atoms with Gasteiger partial charge in [0.1, 0.15) is 11.6 Å². The zero-order valence-electron chi connectivity index (χ0n) is 13.9. The molecule has 1 aromatic heterocycles. The van der Waals surface area contributed by atoms with E-state index in [1.807, 2.05) is 0 Å². The Morgan fingerprint density at radius 3 is 2.50 bits per heavy atom. The number of carbonyl (C=O) groups excluding carboxylic acids is 1. The maximum Gasteiger partial charge on any atom is 0.419 e. The van der Waals surface area contributed by atoms with E-state index in [9.17, 15) is 22.4 Å². The van der Waals surface area contributed by atoms with Crippen LogP contribution in [-0.2, 0) is 11.0 Å². The molecule has 0 saturated carbocycles. The number of nitrogens with zero attached hydrogens (tertiary/aromatic N) is 1. The molecule has 0 aliphatic rings. The molecule has 138 valence electrons. The summed E-state index contributed by atoms with van der Waals surface area (Å²) in [5.41, 5.74) is 0.473. The first-order valence-electron chi connectivity index (χ1n) is 7.75. The van der Waals surface area contributed by atoms with Crippen LogP contribution in [0.5, 0.6) is 0 Å². The molecule has 8 heteroatoms. The maximum absolute atomic E-state index is 12.9. The van der Waals surface area contributed by atoms with Crippen molar-refractivity contribution in [2.24, 2.45) is 0 Å². The van der Waals surface area contributed by atoms with E-state index in [4.69, 9.17) is 0 Å². The minimum absolute atomic E-state index is 0.0786. The standard InChI is InChI=1S/C18H17F4N3O/c1-12(13-4-6-14(19)7-5-13)11-16(26)23-9-10-25-17-15(18(20,21)22)3-2-8-24-17/h2-8,11H,9-10H2,1H3,(H,23,26)(H,24,25)/b12-11-. The highest BCUT2D eigenvalue weighted by atomic mass is 19.4. The number of aromatic nitrogens is 1. The molecule has 2 aromatic rings. The fourth-order valence-electron chi connectivity index (χ4n) is 2.19. The average molecular weight is 367 g/mol. The highest BCUT2D eigenvalue weighted by molar-refractivity contribution is 5.94. The summed E-state index contributed by atoms with van der Waals surface area (Å²) >= 11 is 0. The Kier molecular flexibility index (Phi) is 6.32. The number of rotatable bonds is 6. The number of pyridine rings is 1. The molecule has 4 nitrogen and oxygen atoms in total. The molecule has 0 saturated heterocycles. The molecule has 1 heterocycles. The van der Waals surface area contributed by atoms with Gasteiger partial charge in [0.05, 0.1) is 5.56 Å². The number of anilines is 1. The summed E-state index contributed by atoms with van der Waals surface area (Å²) in [4.78, 5) is 15.5. The quantitative estimate of drug-likeness (QED) is 0.463. The third-order valence-electron chi connectivity index (χ3n) is 3.48. The van der Waals surface area contributed by atoms with Crippen molar-refractivity contribution >= 4 is 17.3 Å². The van der Waals surface area contributed by atoms with Crippen LogP contribution in [0.1, 0.15) is 18.1 Å². The second-order valence-corrected chi connectivity index (χ2v) is 5.45. The number of nitrogens with one attached hydrogen (secondary N) is 2. The Labute approximate surface area is 147 Å². The van der Waals surface area contributed by atoms with Gasteiger partial charge in [0.15, 0.2) is 0 Å². The van der Waals surface area contributed by atoms with Gasteiger partial charge < -0.3 is 10.6 Å².